The maximum absolute atomic E-state index is 11.8. The molecule has 6 aliphatic rings. The first-order valence-corrected chi connectivity index (χ1v) is 36.1. The molecule has 81 heavy (non-hydrogen) atoms. The van der Waals surface area contributed by atoms with E-state index in [4.69, 9.17) is 81.4 Å². The van der Waals surface area contributed by atoms with Crippen molar-refractivity contribution in [3.63, 3.8) is 0 Å². The van der Waals surface area contributed by atoms with Crippen LogP contribution in [0.15, 0.2) is 0 Å². The zero-order chi connectivity index (χ0) is 63.1. The van der Waals surface area contributed by atoms with Crippen molar-refractivity contribution in [2.45, 2.75) is 281 Å². The SMILES string of the molecule is CC1OP(=O)(OCC(C)(C)C)OC1C.CC1OP(OCC(C)(C)C)OC1C.C[C@@H]1OP(=O)(OCC(C)(C)C)O[C@H]1C.C[C@@H]1OP(OCC(C)(C)C)O[C@H]1C.C[C@H]1OP(=O)(OCC(C)(C)C)O[C@@H]1C.C[C@H]1OP(OCC(C)(C)C)O[C@@H]1C. The molecule has 6 saturated heterocycles. The molecule has 0 radical (unpaired) electrons. The third-order valence-electron chi connectivity index (χ3n) is 11.0. The van der Waals surface area contributed by atoms with Crippen LogP contribution in [0.3, 0.4) is 0 Å². The second-order valence-corrected chi connectivity index (χ2v) is 36.8. The Morgan fingerprint density at radius 2 is 0.395 bits per heavy atom. The van der Waals surface area contributed by atoms with Crippen LogP contribution < -0.4 is 0 Å². The van der Waals surface area contributed by atoms with Crippen molar-refractivity contribution in [3.8, 4) is 0 Å². The van der Waals surface area contributed by atoms with Gasteiger partial charge in [-0.05, 0) is 116 Å². The highest BCUT2D eigenvalue weighted by Gasteiger charge is 2.45. The highest BCUT2D eigenvalue weighted by Crippen LogP contribution is 2.60. The lowest BCUT2D eigenvalue weighted by Gasteiger charge is -2.19. The summed E-state index contributed by atoms with van der Waals surface area (Å²) < 4.78 is 132. The van der Waals surface area contributed by atoms with Crippen molar-refractivity contribution in [3.05, 3.63) is 0 Å². The molecule has 27 heteroatoms. The molecule has 0 spiro atoms. The van der Waals surface area contributed by atoms with Gasteiger partial charge in [0, 0.05) is 0 Å². The molecule has 0 bridgehead atoms. The molecule has 12 atom stereocenters. The van der Waals surface area contributed by atoms with Gasteiger partial charge < -0.3 is 40.7 Å². The summed E-state index contributed by atoms with van der Waals surface area (Å²) in [5.74, 6) is 0. The van der Waals surface area contributed by atoms with E-state index in [2.05, 4.69) is 62.3 Å². The van der Waals surface area contributed by atoms with E-state index in [1.54, 1.807) is 0 Å². The average molecular weight is 1290 g/mol. The van der Waals surface area contributed by atoms with Gasteiger partial charge in [-0.15, -0.1) is 0 Å². The minimum atomic E-state index is -3.28. The lowest BCUT2D eigenvalue weighted by Crippen LogP contribution is -2.13. The topological polar surface area (TPSA) is 217 Å². The zero-order valence-electron chi connectivity index (χ0n) is 55.4. The van der Waals surface area contributed by atoms with Crippen molar-refractivity contribution >= 4 is 49.3 Å². The van der Waals surface area contributed by atoms with Gasteiger partial charge in [-0.3, -0.25) is 40.7 Å². The largest absolute Gasteiger partial charge is 0.475 e. The molecule has 6 fully saturated rings. The van der Waals surface area contributed by atoms with Crippen molar-refractivity contribution in [1.82, 2.24) is 0 Å². The summed E-state index contributed by atoms with van der Waals surface area (Å²) in [4.78, 5) is 0. The van der Waals surface area contributed by atoms with E-state index in [0.29, 0.717) is 39.6 Å². The normalized spacial score (nSPS) is 33.5. The lowest BCUT2D eigenvalue weighted by molar-refractivity contribution is 0.128. The van der Waals surface area contributed by atoms with Gasteiger partial charge in [0.1, 0.15) is 0 Å². The molecule has 4 unspecified atom stereocenters. The molecule has 0 N–H and O–H groups in total. The van der Waals surface area contributed by atoms with E-state index in [9.17, 15) is 13.7 Å². The van der Waals surface area contributed by atoms with E-state index in [0.717, 1.165) is 0 Å². The van der Waals surface area contributed by atoms with Crippen molar-refractivity contribution in [1.29, 1.82) is 0 Å². The monoisotopic (exact) mass is 1280 g/mol. The van der Waals surface area contributed by atoms with Crippen molar-refractivity contribution < 1.29 is 95.1 Å². The number of phosphoric ester groups is 3. The Labute approximate surface area is 495 Å². The van der Waals surface area contributed by atoms with Gasteiger partial charge in [0.05, 0.1) is 113 Å². The summed E-state index contributed by atoms with van der Waals surface area (Å²) in [5, 5.41) is 0. The molecule has 21 nitrogen and oxygen atoms in total. The molecule has 6 aliphatic heterocycles. The lowest BCUT2D eigenvalue weighted by atomic mass is 9.99. The predicted molar refractivity (Wildman–Crippen MR) is 323 cm³/mol. The minimum Gasteiger partial charge on any atom is -0.312 e. The van der Waals surface area contributed by atoms with Gasteiger partial charge in [0.15, 0.2) is 0 Å². The molecule has 0 saturated carbocycles. The first-order valence-electron chi connectivity index (χ1n) is 28.4. The Bertz CT molecular complexity index is 1640. The van der Waals surface area contributed by atoms with Gasteiger partial charge in [-0.2, -0.15) is 0 Å². The van der Waals surface area contributed by atoms with E-state index >= 15 is 0 Å². The van der Waals surface area contributed by atoms with Crippen LogP contribution in [0.4, 0.5) is 0 Å². The van der Waals surface area contributed by atoms with Gasteiger partial charge in [0.2, 0.25) is 0 Å². The summed E-state index contributed by atoms with van der Waals surface area (Å²) in [6.07, 6.45) is -0.0451. The molecule has 0 aliphatic carbocycles. The molecular weight excluding hydrogens is 1170 g/mol. The third kappa shape index (κ3) is 36.5. The highest BCUT2D eigenvalue weighted by atomic mass is 31.2. The van der Waals surface area contributed by atoms with Crippen LogP contribution in [0.1, 0.15) is 208 Å². The van der Waals surface area contributed by atoms with Crippen LogP contribution in [0.5, 0.6) is 0 Å². The Balaban J connectivity index is 0.000000486. The smallest absolute Gasteiger partial charge is 0.312 e. The van der Waals surface area contributed by atoms with Gasteiger partial charge in [0.25, 0.3) is 0 Å². The summed E-state index contributed by atoms with van der Waals surface area (Å²) >= 11 is 0. The highest BCUT2D eigenvalue weighted by molar-refractivity contribution is 7.49. The quantitative estimate of drug-likeness (QED) is 0.166. The number of hydrogen-bond acceptors (Lipinski definition) is 21. The first kappa shape index (κ1) is 80.3. The Morgan fingerprint density at radius 3 is 0.519 bits per heavy atom. The fourth-order valence-electron chi connectivity index (χ4n) is 5.14. The van der Waals surface area contributed by atoms with Gasteiger partial charge in [-0.25, -0.2) is 13.7 Å². The Kier molecular flexibility index (Phi) is 33.6. The van der Waals surface area contributed by atoms with Gasteiger partial charge >= 0.3 is 49.3 Å². The van der Waals surface area contributed by atoms with E-state index in [1.165, 1.54) is 0 Å². The first-order chi connectivity index (χ1) is 36.3. The van der Waals surface area contributed by atoms with Crippen LogP contribution in [-0.4, -0.2) is 113 Å². The fourth-order valence-corrected chi connectivity index (χ4v) is 15.4. The average Bonchev–Trinajstić information content (AvgIpc) is 4.09. The van der Waals surface area contributed by atoms with E-state index in [1.807, 2.05) is 145 Å². The predicted octanol–water partition coefficient (Wildman–Crippen LogP) is 18.2. The molecule has 0 aromatic rings. The fraction of sp³-hybridized carbons (Fsp3) is 1.00. The molecule has 486 valence electrons. The summed E-state index contributed by atoms with van der Waals surface area (Å²) in [6.45, 7) is 63.3. The molecular formula is C54H114O21P6. The van der Waals surface area contributed by atoms with Crippen LogP contribution in [-0.2, 0) is 95.1 Å². The van der Waals surface area contributed by atoms with Crippen molar-refractivity contribution in [2.24, 2.45) is 32.5 Å². The van der Waals surface area contributed by atoms with Crippen molar-refractivity contribution in [2.75, 3.05) is 39.6 Å². The zero-order valence-corrected chi connectivity index (χ0v) is 60.8. The number of phosphoric acid groups is 3. The molecule has 0 aromatic carbocycles. The summed E-state index contributed by atoms with van der Waals surface area (Å²) in [7, 11) is -13.1. The Hall–Kier alpha value is 1.26. The number of rotatable bonds is 12. The van der Waals surface area contributed by atoms with Crippen LogP contribution in [0.25, 0.3) is 0 Å². The standard InChI is InChI=1S/3C9H19O4P.3C9H19O3P/c3*1-7-8(2)13-14(10,12-7)11-6-9(3,4)5;3*1-7-8(2)12-13(11-7)10-6-9(3,4)5/h3*7-8H,6H2,1-5H3;3*7-8H,6H2,1-5H3/t2*7-,8-;;2*7-,8-;/m10.10./s1. The molecule has 6 rings (SSSR count). The minimum absolute atomic E-state index is 0.0425. The third-order valence-corrected chi connectivity index (χ3v) is 20.0. The van der Waals surface area contributed by atoms with Crippen LogP contribution in [0, 0.1) is 32.5 Å². The molecule has 0 aromatic heterocycles. The summed E-state index contributed by atoms with van der Waals surface area (Å²) in [6, 6.07) is 0. The van der Waals surface area contributed by atoms with Gasteiger partial charge in [-0.1, -0.05) is 125 Å². The molecule has 0 amide bonds. The Morgan fingerprint density at radius 1 is 0.259 bits per heavy atom. The number of hydrogen-bond donors (Lipinski definition) is 0. The van der Waals surface area contributed by atoms with E-state index in [-0.39, 0.29) is 106 Å². The van der Waals surface area contributed by atoms with Crippen LogP contribution in [0.2, 0.25) is 0 Å². The maximum atomic E-state index is 11.8. The van der Waals surface area contributed by atoms with E-state index < -0.39 is 49.3 Å². The van der Waals surface area contributed by atoms with Crippen LogP contribution >= 0.6 is 49.3 Å². The second-order valence-electron chi connectivity index (χ2n) is 28.7. The molecule has 6 heterocycles. The maximum Gasteiger partial charge on any atom is 0.475 e. The summed E-state index contributed by atoms with van der Waals surface area (Å²) in [5.41, 5.74) is 0.385. The second kappa shape index (κ2) is 33.9.